The van der Waals surface area contributed by atoms with Crippen molar-refractivity contribution in [3.05, 3.63) is 0 Å². The minimum atomic E-state index is -0.130. The van der Waals surface area contributed by atoms with Crippen molar-refractivity contribution >= 4 is 34.3 Å². The van der Waals surface area contributed by atoms with Gasteiger partial charge in [-0.2, -0.15) is 0 Å². The maximum atomic E-state index is 11.4. The SMILES string of the molecule is CCC(C)OC(=O)CCSC(=S)N(CC)CC. The molecule has 0 N–H and O–H groups in total. The molecule has 1 unspecified atom stereocenters. The van der Waals surface area contributed by atoms with Crippen molar-refractivity contribution in [1.82, 2.24) is 4.90 Å². The summed E-state index contributed by atoms with van der Waals surface area (Å²) >= 11 is 6.83. The third kappa shape index (κ3) is 7.60. The zero-order chi connectivity index (χ0) is 13.3. The predicted molar refractivity (Wildman–Crippen MR) is 78.4 cm³/mol. The van der Waals surface area contributed by atoms with Crippen LogP contribution in [0.3, 0.4) is 0 Å². The molecule has 0 bridgehead atoms. The highest BCUT2D eigenvalue weighted by Crippen LogP contribution is 2.11. The molecular weight excluding hydrogens is 254 g/mol. The maximum absolute atomic E-state index is 11.4. The molecule has 0 aromatic carbocycles. The lowest BCUT2D eigenvalue weighted by atomic mass is 10.3. The summed E-state index contributed by atoms with van der Waals surface area (Å²) in [6.45, 7) is 9.90. The van der Waals surface area contributed by atoms with Crippen molar-refractivity contribution in [3.63, 3.8) is 0 Å². The lowest BCUT2D eigenvalue weighted by Crippen LogP contribution is -2.27. The second-order valence-corrected chi connectivity index (χ2v) is 5.47. The Bertz CT molecular complexity index is 243. The van der Waals surface area contributed by atoms with Gasteiger partial charge >= 0.3 is 5.97 Å². The molecule has 0 aliphatic carbocycles. The fourth-order valence-corrected chi connectivity index (χ4v) is 2.55. The van der Waals surface area contributed by atoms with Crippen molar-refractivity contribution < 1.29 is 9.53 Å². The molecule has 0 amide bonds. The summed E-state index contributed by atoms with van der Waals surface area (Å²) in [5.74, 6) is 0.569. The highest BCUT2D eigenvalue weighted by molar-refractivity contribution is 8.22. The quantitative estimate of drug-likeness (QED) is 0.527. The van der Waals surface area contributed by atoms with Gasteiger partial charge in [0.15, 0.2) is 0 Å². The van der Waals surface area contributed by atoms with E-state index in [0.717, 1.165) is 23.8 Å². The monoisotopic (exact) mass is 277 g/mol. The molecule has 0 saturated heterocycles. The Morgan fingerprint density at radius 3 is 2.41 bits per heavy atom. The highest BCUT2D eigenvalue weighted by atomic mass is 32.2. The summed E-state index contributed by atoms with van der Waals surface area (Å²) in [5.41, 5.74) is 0. The van der Waals surface area contributed by atoms with E-state index in [9.17, 15) is 4.79 Å². The molecule has 17 heavy (non-hydrogen) atoms. The molecule has 0 fully saturated rings. The van der Waals surface area contributed by atoms with Gasteiger partial charge < -0.3 is 9.64 Å². The first-order valence-electron chi connectivity index (χ1n) is 6.16. The maximum Gasteiger partial charge on any atom is 0.306 e. The van der Waals surface area contributed by atoms with Crippen LogP contribution < -0.4 is 0 Å². The number of hydrogen-bond donors (Lipinski definition) is 0. The van der Waals surface area contributed by atoms with E-state index in [4.69, 9.17) is 17.0 Å². The second-order valence-electron chi connectivity index (χ2n) is 3.75. The van der Waals surface area contributed by atoms with E-state index < -0.39 is 0 Å². The Balaban J connectivity index is 3.76. The summed E-state index contributed by atoms with van der Waals surface area (Å²) in [7, 11) is 0. The van der Waals surface area contributed by atoms with E-state index >= 15 is 0 Å². The summed E-state index contributed by atoms with van der Waals surface area (Å²) in [5, 5.41) is 0. The first-order chi connectivity index (χ1) is 8.04. The number of carbonyl (C=O) groups is 1. The van der Waals surface area contributed by atoms with Crippen LogP contribution in [0.15, 0.2) is 0 Å². The molecule has 0 heterocycles. The lowest BCUT2D eigenvalue weighted by molar-refractivity contribution is -0.147. The number of thioether (sulfide) groups is 1. The molecule has 0 spiro atoms. The van der Waals surface area contributed by atoms with Gasteiger partial charge in [0, 0.05) is 18.8 Å². The Labute approximate surface area is 114 Å². The summed E-state index contributed by atoms with van der Waals surface area (Å²) < 4.78 is 6.05. The third-order valence-electron chi connectivity index (χ3n) is 2.46. The molecule has 0 aliphatic rings. The van der Waals surface area contributed by atoms with Gasteiger partial charge in [0.2, 0.25) is 0 Å². The van der Waals surface area contributed by atoms with Gasteiger partial charge in [0.25, 0.3) is 0 Å². The zero-order valence-electron chi connectivity index (χ0n) is 11.2. The van der Waals surface area contributed by atoms with Crippen molar-refractivity contribution in [2.24, 2.45) is 0 Å². The van der Waals surface area contributed by atoms with Gasteiger partial charge in [0.05, 0.1) is 12.5 Å². The van der Waals surface area contributed by atoms with Crippen LogP contribution in [0.5, 0.6) is 0 Å². The first kappa shape index (κ1) is 16.7. The largest absolute Gasteiger partial charge is 0.463 e. The van der Waals surface area contributed by atoms with Crippen LogP contribution in [-0.2, 0) is 9.53 Å². The van der Waals surface area contributed by atoms with E-state index in [0.29, 0.717) is 12.2 Å². The van der Waals surface area contributed by atoms with Crippen LogP contribution in [0.4, 0.5) is 0 Å². The second kappa shape index (κ2) is 9.71. The van der Waals surface area contributed by atoms with Gasteiger partial charge in [-0.25, -0.2) is 0 Å². The molecule has 0 aromatic rings. The number of thiocarbonyl (C=S) groups is 1. The Hall–Kier alpha value is -0.290. The molecule has 3 nitrogen and oxygen atoms in total. The molecule has 0 rings (SSSR count). The topological polar surface area (TPSA) is 29.5 Å². The molecule has 0 radical (unpaired) electrons. The zero-order valence-corrected chi connectivity index (χ0v) is 12.8. The van der Waals surface area contributed by atoms with Gasteiger partial charge in [-0.3, -0.25) is 4.79 Å². The smallest absolute Gasteiger partial charge is 0.306 e. The minimum Gasteiger partial charge on any atom is -0.463 e. The third-order valence-corrected chi connectivity index (χ3v) is 3.99. The molecule has 1 atom stereocenters. The van der Waals surface area contributed by atoms with Crippen LogP contribution in [0.2, 0.25) is 0 Å². The summed E-state index contributed by atoms with van der Waals surface area (Å²) in [6, 6.07) is 0. The molecule has 0 aliphatic heterocycles. The van der Waals surface area contributed by atoms with Gasteiger partial charge in [-0.15, -0.1) is 0 Å². The summed E-state index contributed by atoms with van der Waals surface area (Å²) in [6.07, 6.45) is 1.30. The van der Waals surface area contributed by atoms with E-state index in [2.05, 4.69) is 18.7 Å². The molecule has 0 saturated carbocycles. The lowest BCUT2D eigenvalue weighted by Gasteiger charge is -2.20. The average Bonchev–Trinajstić information content (AvgIpc) is 2.30. The van der Waals surface area contributed by atoms with Crippen LogP contribution in [0.25, 0.3) is 0 Å². The number of esters is 1. The van der Waals surface area contributed by atoms with E-state index in [1.165, 1.54) is 0 Å². The van der Waals surface area contributed by atoms with Gasteiger partial charge in [-0.05, 0) is 27.2 Å². The van der Waals surface area contributed by atoms with E-state index in [1.807, 2.05) is 13.8 Å². The molecular formula is C12H23NO2S2. The van der Waals surface area contributed by atoms with Crippen LogP contribution >= 0.6 is 24.0 Å². The highest BCUT2D eigenvalue weighted by Gasteiger charge is 2.10. The molecule has 0 aromatic heterocycles. The predicted octanol–water partition coefficient (Wildman–Crippen LogP) is 3.08. The number of hydrogen-bond acceptors (Lipinski definition) is 4. The Kier molecular flexibility index (Phi) is 9.55. The Morgan fingerprint density at radius 1 is 1.35 bits per heavy atom. The van der Waals surface area contributed by atoms with Crippen LogP contribution in [0.1, 0.15) is 40.5 Å². The normalized spacial score (nSPS) is 12.0. The standard InChI is InChI=1S/C12H23NO2S2/c1-5-10(4)15-11(14)8-9-17-12(16)13(6-2)7-3/h10H,5-9H2,1-4H3. The summed E-state index contributed by atoms with van der Waals surface area (Å²) in [4.78, 5) is 13.5. The Morgan fingerprint density at radius 2 is 1.94 bits per heavy atom. The molecule has 5 heteroatoms. The van der Waals surface area contributed by atoms with Gasteiger partial charge in [-0.1, -0.05) is 30.9 Å². The van der Waals surface area contributed by atoms with Crippen molar-refractivity contribution in [1.29, 1.82) is 0 Å². The van der Waals surface area contributed by atoms with Crippen LogP contribution in [-0.4, -0.2) is 40.1 Å². The number of carbonyl (C=O) groups excluding carboxylic acids is 1. The number of rotatable bonds is 7. The van der Waals surface area contributed by atoms with Crippen molar-refractivity contribution in [2.75, 3.05) is 18.8 Å². The fraction of sp³-hybridized carbons (Fsp3) is 0.833. The first-order valence-corrected chi connectivity index (χ1v) is 7.55. The van der Waals surface area contributed by atoms with E-state index in [1.54, 1.807) is 11.8 Å². The van der Waals surface area contributed by atoms with Crippen molar-refractivity contribution in [3.8, 4) is 0 Å². The number of nitrogens with zero attached hydrogens (tertiary/aromatic N) is 1. The van der Waals surface area contributed by atoms with E-state index in [-0.39, 0.29) is 12.1 Å². The van der Waals surface area contributed by atoms with Crippen molar-refractivity contribution in [2.45, 2.75) is 46.6 Å². The van der Waals surface area contributed by atoms with Crippen LogP contribution in [0, 0.1) is 0 Å². The van der Waals surface area contributed by atoms with Gasteiger partial charge in [0.1, 0.15) is 4.32 Å². The average molecular weight is 277 g/mol. The fourth-order valence-electron chi connectivity index (χ4n) is 1.16. The minimum absolute atomic E-state index is 0.0160. The number of ether oxygens (including phenoxy) is 1. The molecule has 100 valence electrons.